The van der Waals surface area contributed by atoms with E-state index >= 15 is 0 Å². The van der Waals surface area contributed by atoms with Crippen molar-refractivity contribution in [3.63, 3.8) is 0 Å². The van der Waals surface area contributed by atoms with Gasteiger partial charge >= 0.3 is 0 Å². The molecule has 22 heavy (non-hydrogen) atoms. The maximum Gasteiger partial charge on any atom is 0.237 e. The average molecular weight is 320 g/mol. The van der Waals surface area contributed by atoms with Gasteiger partial charge in [0, 0.05) is 17.7 Å². The highest BCUT2D eigenvalue weighted by Gasteiger charge is 2.12. The summed E-state index contributed by atoms with van der Waals surface area (Å²) in [5.41, 5.74) is 0. The van der Waals surface area contributed by atoms with Crippen molar-refractivity contribution in [3.05, 3.63) is 29.9 Å². The quantitative estimate of drug-likeness (QED) is 0.783. The van der Waals surface area contributed by atoms with Crippen LogP contribution in [0.5, 0.6) is 11.5 Å². The molecule has 2 aromatic rings. The van der Waals surface area contributed by atoms with Gasteiger partial charge in [0.1, 0.15) is 0 Å². The molecule has 0 unspecified atom stereocenters. The third-order valence-electron chi connectivity index (χ3n) is 3.18. The van der Waals surface area contributed by atoms with E-state index in [1.165, 1.54) is 0 Å². The van der Waals surface area contributed by atoms with Crippen molar-refractivity contribution >= 4 is 11.8 Å². The summed E-state index contributed by atoms with van der Waals surface area (Å²) in [6.45, 7) is 5.69. The summed E-state index contributed by atoms with van der Waals surface area (Å²) in [6.07, 6.45) is 1.76. The third-order valence-corrected chi connectivity index (χ3v) is 4.16. The number of ether oxygens (including phenoxy) is 2. The number of fused-ring (bicyclic) bond motifs is 1. The minimum atomic E-state index is 0.528. The van der Waals surface area contributed by atoms with Gasteiger partial charge in [0.25, 0.3) is 0 Å². The Balaban J connectivity index is 1.61. The molecule has 0 aliphatic carbocycles. The van der Waals surface area contributed by atoms with E-state index in [0.29, 0.717) is 30.8 Å². The third kappa shape index (κ3) is 3.94. The Hall–Kier alpha value is -1.69. The van der Waals surface area contributed by atoms with Gasteiger partial charge in [-0.2, -0.15) is 4.98 Å². The van der Waals surface area contributed by atoms with Crippen LogP contribution in [0.2, 0.25) is 0 Å². The van der Waals surface area contributed by atoms with Gasteiger partial charge in [-0.25, -0.2) is 0 Å². The molecular formula is C16H20N2O3S. The van der Waals surface area contributed by atoms with Crippen LogP contribution in [0.1, 0.15) is 32.0 Å². The van der Waals surface area contributed by atoms with E-state index in [1.807, 2.05) is 18.2 Å². The van der Waals surface area contributed by atoms with Crippen LogP contribution in [0.25, 0.3) is 0 Å². The predicted octanol–water partition coefficient (Wildman–Crippen LogP) is 3.72. The van der Waals surface area contributed by atoms with Crippen molar-refractivity contribution in [2.24, 2.45) is 5.92 Å². The number of benzene rings is 1. The lowest BCUT2D eigenvalue weighted by molar-refractivity contribution is 0.297. The number of nitrogens with zero attached hydrogens (tertiary/aromatic N) is 2. The topological polar surface area (TPSA) is 57.4 Å². The summed E-state index contributed by atoms with van der Waals surface area (Å²) in [5.74, 6) is 4.26. The van der Waals surface area contributed by atoms with E-state index in [9.17, 15) is 0 Å². The molecule has 0 fully saturated rings. The van der Waals surface area contributed by atoms with Crippen LogP contribution in [0.15, 0.2) is 27.6 Å². The van der Waals surface area contributed by atoms with Crippen molar-refractivity contribution < 1.29 is 14.0 Å². The Labute approximate surface area is 134 Å². The van der Waals surface area contributed by atoms with Crippen molar-refractivity contribution in [1.29, 1.82) is 0 Å². The van der Waals surface area contributed by atoms with Gasteiger partial charge in [0.05, 0.1) is 19.0 Å². The summed E-state index contributed by atoms with van der Waals surface area (Å²) in [7, 11) is 0. The zero-order chi connectivity index (χ0) is 15.4. The fourth-order valence-corrected chi connectivity index (χ4v) is 2.94. The first-order valence-corrected chi connectivity index (χ1v) is 8.53. The van der Waals surface area contributed by atoms with Crippen LogP contribution >= 0.6 is 11.8 Å². The first-order valence-electron chi connectivity index (χ1n) is 7.54. The van der Waals surface area contributed by atoms with Crippen LogP contribution < -0.4 is 9.47 Å². The first kappa shape index (κ1) is 15.2. The molecule has 0 radical (unpaired) electrons. The fraction of sp³-hybridized carbons (Fsp3) is 0.500. The van der Waals surface area contributed by atoms with Crippen molar-refractivity contribution in [2.75, 3.05) is 13.2 Å². The summed E-state index contributed by atoms with van der Waals surface area (Å²) in [4.78, 5) is 5.52. The number of hydrogen-bond donors (Lipinski definition) is 0. The lowest BCUT2D eigenvalue weighted by Gasteiger charge is -2.08. The Morgan fingerprint density at radius 2 is 2.00 bits per heavy atom. The van der Waals surface area contributed by atoms with Crippen molar-refractivity contribution in [1.82, 2.24) is 10.1 Å². The van der Waals surface area contributed by atoms with Gasteiger partial charge in [-0.3, -0.25) is 0 Å². The Morgan fingerprint density at radius 3 is 2.82 bits per heavy atom. The highest BCUT2D eigenvalue weighted by molar-refractivity contribution is 7.98. The minimum Gasteiger partial charge on any atom is -0.490 e. The minimum absolute atomic E-state index is 0.528. The van der Waals surface area contributed by atoms with Gasteiger partial charge in [-0.05, 0) is 24.1 Å². The van der Waals surface area contributed by atoms with Gasteiger partial charge in [-0.1, -0.05) is 19.0 Å². The van der Waals surface area contributed by atoms with Gasteiger partial charge in [0.2, 0.25) is 5.89 Å². The molecule has 1 aliphatic rings. The van der Waals surface area contributed by atoms with Crippen molar-refractivity contribution in [2.45, 2.75) is 37.3 Å². The summed E-state index contributed by atoms with van der Waals surface area (Å²) < 4.78 is 16.6. The second-order valence-corrected chi connectivity index (χ2v) is 6.70. The molecule has 0 saturated carbocycles. The molecular weight excluding hydrogens is 300 g/mol. The normalized spacial score (nSPS) is 14.1. The van der Waals surface area contributed by atoms with Gasteiger partial charge in [-0.15, -0.1) is 11.8 Å². The lowest BCUT2D eigenvalue weighted by Crippen LogP contribution is -1.97. The Bertz CT molecular complexity index is 628. The van der Waals surface area contributed by atoms with Crippen LogP contribution in [-0.4, -0.2) is 23.4 Å². The second kappa shape index (κ2) is 7.05. The molecule has 0 bridgehead atoms. The van der Waals surface area contributed by atoms with E-state index in [-0.39, 0.29) is 0 Å². The van der Waals surface area contributed by atoms with E-state index in [2.05, 4.69) is 24.0 Å². The zero-order valence-electron chi connectivity index (χ0n) is 12.9. The lowest BCUT2D eigenvalue weighted by atomic mass is 10.1. The predicted molar refractivity (Wildman–Crippen MR) is 84.5 cm³/mol. The molecule has 1 aliphatic heterocycles. The maximum absolute atomic E-state index is 5.70. The molecule has 5 nitrogen and oxygen atoms in total. The molecule has 0 amide bonds. The molecule has 3 rings (SSSR count). The highest BCUT2D eigenvalue weighted by atomic mass is 32.2. The van der Waals surface area contributed by atoms with E-state index in [0.717, 1.165) is 35.1 Å². The van der Waals surface area contributed by atoms with E-state index < -0.39 is 0 Å². The molecule has 6 heteroatoms. The SMILES string of the molecule is CC(C)Cc1noc(CSc2ccc3c(c2)OCCCO3)n1. The van der Waals surface area contributed by atoms with Crippen LogP contribution in [-0.2, 0) is 12.2 Å². The van der Waals surface area contributed by atoms with Crippen LogP contribution in [0, 0.1) is 5.92 Å². The van der Waals surface area contributed by atoms with Crippen LogP contribution in [0.3, 0.4) is 0 Å². The highest BCUT2D eigenvalue weighted by Crippen LogP contribution is 2.34. The van der Waals surface area contributed by atoms with Crippen molar-refractivity contribution in [3.8, 4) is 11.5 Å². The summed E-state index contributed by atoms with van der Waals surface area (Å²) in [5, 5.41) is 4.01. The number of rotatable bonds is 5. The molecule has 1 aromatic heterocycles. The molecule has 0 spiro atoms. The second-order valence-electron chi connectivity index (χ2n) is 5.65. The van der Waals surface area contributed by atoms with E-state index in [1.54, 1.807) is 11.8 Å². The van der Waals surface area contributed by atoms with Crippen LogP contribution in [0.4, 0.5) is 0 Å². The summed E-state index contributed by atoms with van der Waals surface area (Å²) >= 11 is 1.65. The average Bonchev–Trinajstić information content (AvgIpc) is 2.79. The summed E-state index contributed by atoms with van der Waals surface area (Å²) in [6, 6.07) is 6.00. The standard InChI is InChI=1S/C16H20N2O3S/c1-11(2)8-15-17-16(21-18-15)10-22-12-4-5-13-14(9-12)20-7-3-6-19-13/h4-5,9,11H,3,6-8,10H2,1-2H3. The molecule has 118 valence electrons. The number of aromatic nitrogens is 2. The molecule has 0 atom stereocenters. The Morgan fingerprint density at radius 1 is 1.18 bits per heavy atom. The molecule has 1 aromatic carbocycles. The first-order chi connectivity index (χ1) is 10.7. The monoisotopic (exact) mass is 320 g/mol. The largest absolute Gasteiger partial charge is 0.490 e. The van der Waals surface area contributed by atoms with E-state index in [4.69, 9.17) is 14.0 Å². The smallest absolute Gasteiger partial charge is 0.237 e. The van der Waals surface area contributed by atoms with Gasteiger partial charge in [0.15, 0.2) is 17.3 Å². The molecule has 0 saturated heterocycles. The fourth-order valence-electron chi connectivity index (χ4n) is 2.18. The number of thioether (sulfide) groups is 1. The molecule has 2 heterocycles. The maximum atomic E-state index is 5.70. The zero-order valence-corrected chi connectivity index (χ0v) is 13.7. The number of hydrogen-bond acceptors (Lipinski definition) is 6. The Kier molecular flexibility index (Phi) is 4.87. The van der Waals surface area contributed by atoms with Gasteiger partial charge < -0.3 is 14.0 Å². The molecule has 0 N–H and O–H groups in total.